The van der Waals surface area contributed by atoms with Gasteiger partial charge in [0, 0.05) is 11.6 Å². The molecule has 0 aliphatic carbocycles. The van der Waals surface area contributed by atoms with Crippen molar-refractivity contribution < 1.29 is 9.59 Å². The molecule has 0 bridgehead atoms. The highest BCUT2D eigenvalue weighted by atomic mass is 16.2. The maximum absolute atomic E-state index is 11.3. The van der Waals surface area contributed by atoms with Gasteiger partial charge in [0.1, 0.15) is 0 Å². The van der Waals surface area contributed by atoms with Gasteiger partial charge in [-0.1, -0.05) is 36.8 Å². The lowest BCUT2D eigenvalue weighted by Crippen LogP contribution is -2.22. The molecule has 0 saturated heterocycles. The van der Waals surface area contributed by atoms with Gasteiger partial charge in [-0.2, -0.15) is 0 Å². The van der Waals surface area contributed by atoms with Crippen LogP contribution in [-0.2, 0) is 16.0 Å². The first kappa shape index (κ1) is 12.6. The van der Waals surface area contributed by atoms with E-state index in [0.29, 0.717) is 12.0 Å². The zero-order chi connectivity index (χ0) is 12.8. The van der Waals surface area contributed by atoms with Crippen molar-refractivity contribution in [2.75, 3.05) is 0 Å². The average molecular weight is 243 g/mol. The van der Waals surface area contributed by atoms with Crippen LogP contribution >= 0.6 is 0 Å². The van der Waals surface area contributed by atoms with Crippen LogP contribution in [0.25, 0.3) is 0 Å². The fraction of sp³-hybridized carbons (Fsp3) is 0.333. The van der Waals surface area contributed by atoms with Crippen molar-refractivity contribution in [1.29, 1.82) is 0 Å². The molecule has 0 atom stereocenters. The molecule has 0 unspecified atom stereocenters. The van der Waals surface area contributed by atoms with E-state index in [9.17, 15) is 9.59 Å². The summed E-state index contributed by atoms with van der Waals surface area (Å²) in [4.78, 5) is 22.2. The fourth-order valence-corrected chi connectivity index (χ4v) is 2.10. The van der Waals surface area contributed by atoms with Gasteiger partial charge in [0.15, 0.2) is 0 Å². The standard InChI is InChI=1S/C15H17NO2/c17-14-11-13(15(18)16-14)10-6-2-5-9-12-7-3-1-4-8-12/h1,3-4,7-8,11H,2,5-6,9-10H2,(H,16,17,18). The Morgan fingerprint density at radius 1 is 0.889 bits per heavy atom. The molecular formula is C15H17NO2. The summed E-state index contributed by atoms with van der Waals surface area (Å²) in [7, 11) is 0. The molecule has 2 amide bonds. The lowest BCUT2D eigenvalue weighted by atomic mass is 10.0. The number of carbonyl (C=O) groups is 2. The summed E-state index contributed by atoms with van der Waals surface area (Å²) in [6, 6.07) is 10.4. The highest BCUT2D eigenvalue weighted by Gasteiger charge is 2.19. The van der Waals surface area contributed by atoms with E-state index < -0.39 is 0 Å². The summed E-state index contributed by atoms with van der Waals surface area (Å²) in [6.45, 7) is 0. The van der Waals surface area contributed by atoms with Crippen LogP contribution in [0.15, 0.2) is 42.0 Å². The van der Waals surface area contributed by atoms with Crippen molar-refractivity contribution in [3.05, 3.63) is 47.5 Å². The molecule has 0 fully saturated rings. The second-order valence-corrected chi connectivity index (χ2v) is 4.53. The summed E-state index contributed by atoms with van der Waals surface area (Å²) in [5.41, 5.74) is 1.98. The zero-order valence-corrected chi connectivity index (χ0v) is 10.3. The Morgan fingerprint density at radius 2 is 1.61 bits per heavy atom. The van der Waals surface area contributed by atoms with Crippen LogP contribution in [-0.4, -0.2) is 11.8 Å². The monoisotopic (exact) mass is 243 g/mol. The Kier molecular flexibility index (Phi) is 4.29. The van der Waals surface area contributed by atoms with Gasteiger partial charge in [-0.05, 0) is 31.2 Å². The Labute approximate surface area is 107 Å². The molecule has 0 aromatic heterocycles. The van der Waals surface area contributed by atoms with Gasteiger partial charge >= 0.3 is 0 Å². The largest absolute Gasteiger partial charge is 0.289 e. The minimum atomic E-state index is -0.278. The van der Waals surface area contributed by atoms with Crippen LogP contribution in [0.3, 0.4) is 0 Å². The Balaban J connectivity index is 1.64. The van der Waals surface area contributed by atoms with Crippen molar-refractivity contribution in [3.8, 4) is 0 Å². The van der Waals surface area contributed by atoms with Crippen LogP contribution in [0.2, 0.25) is 0 Å². The number of hydrogen-bond acceptors (Lipinski definition) is 2. The normalized spacial score (nSPS) is 14.6. The number of amides is 2. The van der Waals surface area contributed by atoms with Gasteiger partial charge in [0.2, 0.25) is 0 Å². The van der Waals surface area contributed by atoms with Crippen LogP contribution in [0, 0.1) is 0 Å². The van der Waals surface area contributed by atoms with Crippen molar-refractivity contribution >= 4 is 11.8 Å². The van der Waals surface area contributed by atoms with Crippen LogP contribution in [0.4, 0.5) is 0 Å². The van der Waals surface area contributed by atoms with Gasteiger partial charge in [-0.25, -0.2) is 0 Å². The number of rotatable bonds is 6. The van der Waals surface area contributed by atoms with E-state index in [4.69, 9.17) is 0 Å². The van der Waals surface area contributed by atoms with Crippen LogP contribution in [0.5, 0.6) is 0 Å². The van der Waals surface area contributed by atoms with E-state index in [-0.39, 0.29) is 11.8 Å². The Morgan fingerprint density at radius 3 is 2.28 bits per heavy atom. The lowest BCUT2D eigenvalue weighted by molar-refractivity contribution is -0.123. The molecule has 3 heteroatoms. The highest BCUT2D eigenvalue weighted by molar-refractivity contribution is 6.16. The van der Waals surface area contributed by atoms with E-state index in [0.717, 1.165) is 25.7 Å². The Bertz CT molecular complexity index is 463. The van der Waals surface area contributed by atoms with Gasteiger partial charge in [-0.3, -0.25) is 14.9 Å². The molecule has 1 aromatic carbocycles. The van der Waals surface area contributed by atoms with Crippen LogP contribution < -0.4 is 5.32 Å². The average Bonchev–Trinajstić information content (AvgIpc) is 2.69. The van der Waals surface area contributed by atoms with Gasteiger partial charge in [0.25, 0.3) is 11.8 Å². The molecule has 0 saturated carbocycles. The minimum absolute atomic E-state index is 0.219. The van der Waals surface area contributed by atoms with E-state index in [1.807, 2.05) is 6.07 Å². The third-order valence-corrected chi connectivity index (χ3v) is 3.09. The van der Waals surface area contributed by atoms with E-state index in [1.54, 1.807) is 0 Å². The number of imide groups is 1. The number of aryl methyl sites for hydroxylation is 1. The molecule has 1 N–H and O–H groups in total. The van der Waals surface area contributed by atoms with E-state index in [1.165, 1.54) is 11.6 Å². The molecule has 0 spiro atoms. The van der Waals surface area contributed by atoms with Crippen molar-refractivity contribution in [1.82, 2.24) is 5.32 Å². The summed E-state index contributed by atoms with van der Waals surface area (Å²) in [5, 5.41) is 2.26. The molecule has 1 aromatic rings. The Hall–Kier alpha value is -1.90. The van der Waals surface area contributed by atoms with Crippen molar-refractivity contribution in [3.63, 3.8) is 0 Å². The third-order valence-electron chi connectivity index (χ3n) is 3.09. The first-order valence-corrected chi connectivity index (χ1v) is 6.35. The predicted molar refractivity (Wildman–Crippen MR) is 69.8 cm³/mol. The van der Waals surface area contributed by atoms with E-state index in [2.05, 4.69) is 29.6 Å². The first-order valence-electron chi connectivity index (χ1n) is 6.35. The molecular weight excluding hydrogens is 226 g/mol. The smallest absolute Gasteiger partial charge is 0.254 e. The summed E-state index contributed by atoms with van der Waals surface area (Å²) in [6.07, 6.45) is 6.34. The second-order valence-electron chi connectivity index (χ2n) is 4.53. The first-order chi connectivity index (χ1) is 8.75. The molecule has 0 radical (unpaired) electrons. The maximum Gasteiger partial charge on any atom is 0.254 e. The second kappa shape index (κ2) is 6.15. The number of nitrogens with one attached hydrogen (secondary N) is 1. The summed E-state index contributed by atoms with van der Waals surface area (Å²) < 4.78 is 0. The van der Waals surface area contributed by atoms with Gasteiger partial charge in [-0.15, -0.1) is 0 Å². The van der Waals surface area contributed by atoms with Crippen LogP contribution in [0.1, 0.15) is 31.2 Å². The maximum atomic E-state index is 11.3. The SMILES string of the molecule is O=C1C=C(CCCCCc2ccccc2)C(=O)N1. The highest BCUT2D eigenvalue weighted by Crippen LogP contribution is 2.14. The molecule has 3 nitrogen and oxygen atoms in total. The van der Waals surface area contributed by atoms with Crippen molar-refractivity contribution in [2.24, 2.45) is 0 Å². The topological polar surface area (TPSA) is 46.2 Å². The molecule has 1 heterocycles. The number of carbonyl (C=O) groups excluding carboxylic acids is 2. The molecule has 1 aliphatic rings. The quantitative estimate of drug-likeness (QED) is 0.616. The number of benzene rings is 1. The number of hydrogen-bond donors (Lipinski definition) is 1. The predicted octanol–water partition coefficient (Wildman–Crippen LogP) is 2.37. The minimum Gasteiger partial charge on any atom is -0.289 e. The van der Waals surface area contributed by atoms with Crippen molar-refractivity contribution in [2.45, 2.75) is 32.1 Å². The van der Waals surface area contributed by atoms with Gasteiger partial charge < -0.3 is 0 Å². The molecule has 2 rings (SSSR count). The number of unbranched alkanes of at least 4 members (excludes halogenated alkanes) is 2. The third kappa shape index (κ3) is 3.55. The van der Waals surface area contributed by atoms with Gasteiger partial charge in [0.05, 0.1) is 0 Å². The lowest BCUT2D eigenvalue weighted by Gasteiger charge is -2.02. The van der Waals surface area contributed by atoms with E-state index >= 15 is 0 Å². The summed E-state index contributed by atoms with van der Waals surface area (Å²) >= 11 is 0. The zero-order valence-electron chi connectivity index (χ0n) is 10.3. The summed E-state index contributed by atoms with van der Waals surface area (Å²) in [5.74, 6) is -0.498. The molecule has 18 heavy (non-hydrogen) atoms. The fourth-order valence-electron chi connectivity index (χ4n) is 2.10. The molecule has 1 aliphatic heterocycles. The molecule has 94 valence electrons.